The van der Waals surface area contributed by atoms with Crippen LogP contribution in [0.25, 0.3) is 0 Å². The van der Waals surface area contributed by atoms with Gasteiger partial charge in [0.15, 0.2) is 0 Å². The maximum absolute atomic E-state index is 10.3. The van der Waals surface area contributed by atoms with Gasteiger partial charge in [-0.15, -0.1) is 12.4 Å². The summed E-state index contributed by atoms with van der Waals surface area (Å²) in [7, 11) is 0. The maximum atomic E-state index is 10.3. The molecule has 0 spiro atoms. The molecule has 1 aromatic heterocycles. The minimum atomic E-state index is -1.08. The Morgan fingerprint density at radius 2 is 2.38 bits per heavy atom. The average Bonchev–Trinajstić information content (AvgIpc) is 2.35. The van der Waals surface area contributed by atoms with Crippen molar-refractivity contribution in [2.24, 2.45) is 5.73 Å². The van der Waals surface area contributed by atoms with E-state index in [0.29, 0.717) is 5.69 Å². The number of aromatic nitrogens is 2. The van der Waals surface area contributed by atoms with Crippen LogP contribution in [0.1, 0.15) is 5.69 Å². The van der Waals surface area contributed by atoms with E-state index >= 15 is 0 Å². The molecule has 7 heteroatoms. The molecule has 0 unspecified atom stereocenters. The molecule has 1 heterocycles. The van der Waals surface area contributed by atoms with Gasteiger partial charge in [-0.25, -0.2) is 4.98 Å². The van der Waals surface area contributed by atoms with Crippen molar-refractivity contribution in [3.63, 3.8) is 0 Å². The van der Waals surface area contributed by atoms with E-state index in [1.165, 1.54) is 12.5 Å². The van der Waals surface area contributed by atoms with Crippen LogP contribution >= 0.6 is 12.4 Å². The molecule has 4 N–H and O–H groups in total. The van der Waals surface area contributed by atoms with E-state index in [2.05, 4.69) is 4.98 Å². The van der Waals surface area contributed by atoms with E-state index in [9.17, 15) is 4.79 Å². The molecule has 1 aromatic rings. The number of nitrogens with zero attached hydrogens (tertiary/aromatic N) is 2. The van der Waals surface area contributed by atoms with Gasteiger partial charge >= 0.3 is 5.97 Å². The Labute approximate surface area is 80.4 Å². The van der Waals surface area contributed by atoms with Gasteiger partial charge in [-0.1, -0.05) is 0 Å². The number of imidazole rings is 1. The number of carboxylic acids is 1. The fourth-order valence-corrected chi connectivity index (χ4v) is 0.771. The van der Waals surface area contributed by atoms with Gasteiger partial charge in [0.2, 0.25) is 0 Å². The van der Waals surface area contributed by atoms with Gasteiger partial charge in [-0.2, -0.15) is 4.73 Å². The predicted molar refractivity (Wildman–Crippen MR) is 46.0 cm³/mol. The van der Waals surface area contributed by atoms with Gasteiger partial charge in [0.25, 0.3) is 0 Å². The summed E-state index contributed by atoms with van der Waals surface area (Å²) in [6.07, 6.45) is 2.59. The Bertz CT molecular complexity index is 288. The first-order valence-corrected chi connectivity index (χ1v) is 3.30. The quantitative estimate of drug-likeness (QED) is 0.580. The molecule has 0 aromatic carbocycles. The molecule has 6 nitrogen and oxygen atoms in total. The number of rotatable bonds is 3. The predicted octanol–water partition coefficient (Wildman–Crippen LogP) is -0.503. The second-order valence-electron chi connectivity index (χ2n) is 2.39. The summed E-state index contributed by atoms with van der Waals surface area (Å²) < 4.78 is 0.754. The summed E-state index contributed by atoms with van der Waals surface area (Å²) in [6, 6.07) is -0.972. The third kappa shape index (κ3) is 3.30. The van der Waals surface area contributed by atoms with E-state index in [-0.39, 0.29) is 18.8 Å². The van der Waals surface area contributed by atoms with Crippen molar-refractivity contribution in [3.05, 3.63) is 18.2 Å². The summed E-state index contributed by atoms with van der Waals surface area (Å²) >= 11 is 0. The molecule has 0 bridgehead atoms. The number of carboxylic acid groups (broad SMARTS) is 1. The minimum Gasteiger partial charge on any atom is -0.480 e. The highest BCUT2D eigenvalue weighted by molar-refractivity contribution is 5.85. The summed E-state index contributed by atoms with van der Waals surface area (Å²) in [6.45, 7) is 0. The van der Waals surface area contributed by atoms with Gasteiger partial charge in [0, 0.05) is 6.42 Å². The second-order valence-corrected chi connectivity index (χ2v) is 2.39. The number of halogens is 1. The van der Waals surface area contributed by atoms with Crippen LogP contribution < -0.4 is 5.73 Å². The fraction of sp³-hybridized carbons (Fsp3) is 0.333. The zero-order valence-electron chi connectivity index (χ0n) is 6.62. The first kappa shape index (κ1) is 11.7. The highest BCUT2D eigenvalue weighted by Crippen LogP contribution is 1.97. The van der Waals surface area contributed by atoms with Gasteiger partial charge < -0.3 is 16.0 Å². The molecule has 0 aliphatic carbocycles. The van der Waals surface area contributed by atoms with E-state index in [1.807, 2.05) is 0 Å². The molecule has 0 saturated heterocycles. The third-order valence-electron chi connectivity index (χ3n) is 1.37. The maximum Gasteiger partial charge on any atom is 0.320 e. The van der Waals surface area contributed by atoms with Crippen LogP contribution in [0.3, 0.4) is 0 Å². The lowest BCUT2D eigenvalue weighted by Crippen LogP contribution is -2.32. The van der Waals surface area contributed by atoms with E-state index in [4.69, 9.17) is 16.0 Å². The lowest BCUT2D eigenvalue weighted by molar-refractivity contribution is -0.138. The Kier molecular flexibility index (Phi) is 4.22. The van der Waals surface area contributed by atoms with Crippen LogP contribution in [0.2, 0.25) is 0 Å². The molecule has 0 fully saturated rings. The molecule has 0 saturated carbocycles. The van der Waals surface area contributed by atoms with Crippen molar-refractivity contribution in [2.75, 3.05) is 0 Å². The molecule has 13 heavy (non-hydrogen) atoms. The summed E-state index contributed by atoms with van der Waals surface area (Å²) in [4.78, 5) is 14.0. The van der Waals surface area contributed by atoms with Crippen molar-refractivity contribution < 1.29 is 15.1 Å². The van der Waals surface area contributed by atoms with E-state index < -0.39 is 12.0 Å². The lowest BCUT2D eigenvalue weighted by atomic mass is 10.2. The Morgan fingerprint density at radius 1 is 1.77 bits per heavy atom. The van der Waals surface area contributed by atoms with E-state index in [0.717, 1.165) is 4.73 Å². The monoisotopic (exact) mass is 207 g/mol. The topological polar surface area (TPSA) is 101 Å². The zero-order valence-corrected chi connectivity index (χ0v) is 7.44. The first-order chi connectivity index (χ1) is 5.59. The summed E-state index contributed by atoms with van der Waals surface area (Å²) in [5, 5.41) is 17.2. The smallest absolute Gasteiger partial charge is 0.320 e. The highest BCUT2D eigenvalue weighted by atomic mass is 35.5. The molecular weight excluding hydrogens is 198 g/mol. The number of hydrogen-bond donors (Lipinski definition) is 3. The van der Waals surface area contributed by atoms with Crippen molar-refractivity contribution in [1.82, 2.24) is 9.71 Å². The average molecular weight is 208 g/mol. The Balaban J connectivity index is 0.00000144. The van der Waals surface area contributed by atoms with Gasteiger partial charge in [0.1, 0.15) is 12.4 Å². The standard InChI is InChI=1S/C6H9N3O3.ClH/c7-5(6(10)11)1-4-2-9(12)3-8-4;/h2-3,5,12H,1,7H2,(H,10,11);1H/t5-;/m0./s1. The zero-order chi connectivity index (χ0) is 9.14. The SMILES string of the molecule is Cl.N[C@@H](Cc1cn(O)cn1)C(=O)O. The van der Waals surface area contributed by atoms with Crippen LogP contribution in [0.4, 0.5) is 0 Å². The summed E-state index contributed by atoms with van der Waals surface area (Å²) in [5.41, 5.74) is 5.68. The Morgan fingerprint density at radius 3 is 2.77 bits per heavy atom. The van der Waals surface area contributed by atoms with Crippen LogP contribution in [0.15, 0.2) is 12.5 Å². The highest BCUT2D eigenvalue weighted by Gasteiger charge is 2.13. The first-order valence-electron chi connectivity index (χ1n) is 3.30. The largest absolute Gasteiger partial charge is 0.480 e. The van der Waals surface area contributed by atoms with Gasteiger partial charge in [0.05, 0.1) is 11.9 Å². The molecule has 74 valence electrons. The second kappa shape index (κ2) is 4.68. The number of aliphatic carboxylic acids is 1. The minimum absolute atomic E-state index is 0. The van der Waals surface area contributed by atoms with Crippen molar-refractivity contribution in [3.8, 4) is 0 Å². The van der Waals surface area contributed by atoms with Gasteiger partial charge in [-0.05, 0) is 0 Å². The van der Waals surface area contributed by atoms with Crippen molar-refractivity contribution >= 4 is 18.4 Å². The lowest BCUT2D eigenvalue weighted by Gasteiger charge is -2.01. The normalized spacial score (nSPS) is 11.8. The number of hydrogen-bond acceptors (Lipinski definition) is 4. The molecular formula is C6H10ClN3O3. The molecule has 0 aliphatic heterocycles. The molecule has 1 rings (SSSR count). The fourth-order valence-electron chi connectivity index (χ4n) is 0.771. The summed E-state index contributed by atoms with van der Waals surface area (Å²) in [5.74, 6) is -1.08. The van der Waals surface area contributed by atoms with Crippen LogP contribution in [-0.2, 0) is 11.2 Å². The number of nitrogens with two attached hydrogens (primary N) is 1. The molecule has 0 amide bonds. The molecule has 1 atom stereocenters. The van der Waals surface area contributed by atoms with E-state index in [1.54, 1.807) is 0 Å². The van der Waals surface area contributed by atoms with Crippen molar-refractivity contribution in [2.45, 2.75) is 12.5 Å². The third-order valence-corrected chi connectivity index (χ3v) is 1.37. The van der Waals surface area contributed by atoms with Gasteiger partial charge in [-0.3, -0.25) is 4.79 Å². The van der Waals surface area contributed by atoms with Crippen LogP contribution in [0, 0.1) is 0 Å². The van der Waals surface area contributed by atoms with Crippen LogP contribution in [-0.4, -0.2) is 32.0 Å². The van der Waals surface area contributed by atoms with Crippen LogP contribution in [0.5, 0.6) is 0 Å². The number of carbonyl (C=O) groups is 1. The molecule has 0 aliphatic rings. The molecule has 0 radical (unpaired) electrons. The Hall–Kier alpha value is -1.27. The van der Waals surface area contributed by atoms with Crippen molar-refractivity contribution in [1.29, 1.82) is 0 Å².